The average Bonchev–Trinajstić information content (AvgIpc) is 3.19. The van der Waals surface area contributed by atoms with Gasteiger partial charge in [-0.25, -0.2) is 0 Å². The SMILES string of the molecule is COc1ccc(N2CCN(CCCC(=O)N3CCCN(c4ccc([N+](=O)[O-])c(C(F)(F)F)c4)CC3)CC2)cc1. The van der Waals surface area contributed by atoms with Crippen molar-refractivity contribution < 1.29 is 27.6 Å². The van der Waals surface area contributed by atoms with E-state index in [-0.39, 0.29) is 11.6 Å². The Morgan fingerprint density at radius 1 is 0.923 bits per heavy atom. The van der Waals surface area contributed by atoms with Gasteiger partial charge in [-0.15, -0.1) is 0 Å². The van der Waals surface area contributed by atoms with Gasteiger partial charge in [0.05, 0.1) is 12.0 Å². The number of anilines is 2. The summed E-state index contributed by atoms with van der Waals surface area (Å²) in [6.07, 6.45) is -3.04. The first-order chi connectivity index (χ1) is 18.7. The van der Waals surface area contributed by atoms with Crippen molar-refractivity contribution in [3.8, 4) is 5.75 Å². The number of hydrogen-bond donors (Lipinski definition) is 0. The summed E-state index contributed by atoms with van der Waals surface area (Å²) in [4.78, 5) is 31.1. The molecule has 2 aliphatic rings. The number of ether oxygens (including phenoxy) is 1. The van der Waals surface area contributed by atoms with Gasteiger partial charge in [0, 0.05) is 76.2 Å². The number of rotatable bonds is 8. The topological polar surface area (TPSA) is 82.4 Å². The molecule has 0 spiro atoms. The molecule has 212 valence electrons. The fraction of sp³-hybridized carbons (Fsp3) is 0.519. The second-order valence-electron chi connectivity index (χ2n) is 9.81. The Labute approximate surface area is 225 Å². The zero-order valence-electron chi connectivity index (χ0n) is 22.0. The van der Waals surface area contributed by atoms with Gasteiger partial charge in [0.1, 0.15) is 11.3 Å². The molecule has 0 radical (unpaired) electrons. The normalized spacial score (nSPS) is 17.2. The van der Waals surface area contributed by atoms with Gasteiger partial charge in [-0.2, -0.15) is 13.2 Å². The predicted molar refractivity (Wildman–Crippen MR) is 142 cm³/mol. The van der Waals surface area contributed by atoms with Crippen molar-refractivity contribution in [3.05, 3.63) is 58.1 Å². The van der Waals surface area contributed by atoms with Crippen LogP contribution < -0.4 is 14.5 Å². The average molecular weight is 550 g/mol. The molecule has 0 N–H and O–H groups in total. The van der Waals surface area contributed by atoms with Gasteiger partial charge in [0.25, 0.3) is 5.69 Å². The van der Waals surface area contributed by atoms with Crippen LogP contribution in [0.4, 0.5) is 30.2 Å². The van der Waals surface area contributed by atoms with E-state index in [9.17, 15) is 28.1 Å². The van der Waals surface area contributed by atoms with Crippen molar-refractivity contribution in [2.45, 2.75) is 25.4 Å². The first kappa shape index (κ1) is 28.5. The number of benzene rings is 2. The second-order valence-corrected chi connectivity index (χ2v) is 9.81. The maximum atomic E-state index is 13.4. The number of methoxy groups -OCH3 is 1. The zero-order valence-corrected chi connectivity index (χ0v) is 22.0. The summed E-state index contributed by atoms with van der Waals surface area (Å²) in [5.74, 6) is 0.884. The molecular weight excluding hydrogens is 515 g/mol. The Kier molecular flexibility index (Phi) is 9.16. The van der Waals surface area contributed by atoms with Crippen molar-refractivity contribution in [2.24, 2.45) is 0 Å². The molecule has 0 atom stereocenters. The summed E-state index contributed by atoms with van der Waals surface area (Å²) in [5.41, 5.74) is -0.771. The molecule has 2 aromatic carbocycles. The Morgan fingerprint density at radius 3 is 2.21 bits per heavy atom. The van der Waals surface area contributed by atoms with E-state index in [2.05, 4.69) is 21.9 Å². The van der Waals surface area contributed by atoms with E-state index < -0.39 is 22.4 Å². The van der Waals surface area contributed by atoms with E-state index in [1.54, 1.807) is 16.9 Å². The molecule has 39 heavy (non-hydrogen) atoms. The molecule has 9 nitrogen and oxygen atoms in total. The van der Waals surface area contributed by atoms with Crippen LogP contribution >= 0.6 is 0 Å². The number of halogens is 3. The van der Waals surface area contributed by atoms with Crippen LogP contribution in [0.2, 0.25) is 0 Å². The molecule has 1 amide bonds. The lowest BCUT2D eigenvalue weighted by atomic mass is 10.1. The van der Waals surface area contributed by atoms with Crippen molar-refractivity contribution in [2.75, 3.05) is 75.8 Å². The summed E-state index contributed by atoms with van der Waals surface area (Å²) in [6.45, 7) is 6.30. The van der Waals surface area contributed by atoms with Gasteiger partial charge in [-0.1, -0.05) is 0 Å². The smallest absolute Gasteiger partial charge is 0.423 e. The highest BCUT2D eigenvalue weighted by atomic mass is 19.4. The van der Waals surface area contributed by atoms with E-state index in [0.29, 0.717) is 39.0 Å². The number of carbonyl (C=O) groups is 1. The van der Waals surface area contributed by atoms with Crippen molar-refractivity contribution in [1.29, 1.82) is 0 Å². The third kappa shape index (κ3) is 7.31. The standard InChI is InChI=1S/C27H34F3N5O4/c1-39-23-8-5-21(6-9-23)33-16-14-31(15-17-33)11-2-4-26(36)34-13-3-12-32(18-19-34)22-7-10-25(35(37)38)24(20-22)27(28,29)30/h5-10,20H,2-4,11-19H2,1H3. The summed E-state index contributed by atoms with van der Waals surface area (Å²) in [7, 11) is 1.65. The van der Waals surface area contributed by atoms with Crippen LogP contribution in [-0.2, 0) is 11.0 Å². The summed E-state index contributed by atoms with van der Waals surface area (Å²) in [5, 5.41) is 11.0. The molecule has 0 aliphatic carbocycles. The van der Waals surface area contributed by atoms with Crippen LogP contribution in [0.15, 0.2) is 42.5 Å². The first-order valence-electron chi connectivity index (χ1n) is 13.2. The van der Waals surface area contributed by atoms with E-state index in [0.717, 1.165) is 57.0 Å². The molecule has 2 aliphatic heterocycles. The molecule has 2 fully saturated rings. The van der Waals surface area contributed by atoms with Crippen LogP contribution in [0.25, 0.3) is 0 Å². The van der Waals surface area contributed by atoms with Crippen LogP contribution in [0.1, 0.15) is 24.8 Å². The predicted octanol–water partition coefficient (Wildman–Crippen LogP) is 4.26. The van der Waals surface area contributed by atoms with Crippen molar-refractivity contribution in [1.82, 2.24) is 9.80 Å². The molecule has 0 saturated carbocycles. The quantitative estimate of drug-likeness (QED) is 0.360. The summed E-state index contributed by atoms with van der Waals surface area (Å²) in [6, 6.07) is 11.1. The number of piperazine rings is 1. The molecule has 0 aromatic heterocycles. The first-order valence-corrected chi connectivity index (χ1v) is 13.2. The van der Waals surface area contributed by atoms with Gasteiger partial charge in [0.15, 0.2) is 0 Å². The Morgan fingerprint density at radius 2 is 1.56 bits per heavy atom. The molecule has 0 unspecified atom stereocenters. The van der Waals surface area contributed by atoms with Gasteiger partial charge in [-0.3, -0.25) is 19.8 Å². The number of nitrogens with zero attached hydrogens (tertiary/aromatic N) is 5. The lowest BCUT2D eigenvalue weighted by Crippen LogP contribution is -2.46. The Bertz CT molecular complexity index is 1140. The molecule has 12 heteroatoms. The minimum absolute atomic E-state index is 0.0494. The van der Waals surface area contributed by atoms with E-state index in [1.165, 1.54) is 11.8 Å². The number of hydrogen-bond acceptors (Lipinski definition) is 7. The molecular formula is C27H34F3N5O4. The Balaban J connectivity index is 1.22. The molecule has 2 saturated heterocycles. The summed E-state index contributed by atoms with van der Waals surface area (Å²) < 4.78 is 45.4. The molecule has 0 bridgehead atoms. The molecule has 4 rings (SSSR count). The van der Waals surface area contributed by atoms with Gasteiger partial charge < -0.3 is 19.4 Å². The van der Waals surface area contributed by atoms with E-state index >= 15 is 0 Å². The maximum Gasteiger partial charge on any atom is 0.423 e. The van der Waals surface area contributed by atoms with E-state index in [4.69, 9.17) is 4.74 Å². The van der Waals surface area contributed by atoms with Crippen LogP contribution in [0.3, 0.4) is 0 Å². The van der Waals surface area contributed by atoms with Gasteiger partial charge >= 0.3 is 6.18 Å². The molecule has 2 aromatic rings. The fourth-order valence-electron chi connectivity index (χ4n) is 5.17. The lowest BCUT2D eigenvalue weighted by molar-refractivity contribution is -0.388. The Hall–Kier alpha value is -3.54. The van der Waals surface area contributed by atoms with Crippen LogP contribution in [0.5, 0.6) is 5.75 Å². The van der Waals surface area contributed by atoms with Crippen molar-refractivity contribution >= 4 is 23.0 Å². The zero-order chi connectivity index (χ0) is 28.0. The minimum Gasteiger partial charge on any atom is -0.497 e. The summed E-state index contributed by atoms with van der Waals surface area (Å²) >= 11 is 0. The van der Waals surface area contributed by atoms with Crippen LogP contribution in [-0.4, -0.2) is 86.6 Å². The molecule has 2 heterocycles. The fourth-order valence-corrected chi connectivity index (χ4v) is 5.17. The third-order valence-electron chi connectivity index (χ3n) is 7.37. The highest BCUT2D eigenvalue weighted by Gasteiger charge is 2.39. The monoisotopic (exact) mass is 549 g/mol. The van der Waals surface area contributed by atoms with Gasteiger partial charge in [-0.05, 0) is 55.8 Å². The maximum absolute atomic E-state index is 13.4. The van der Waals surface area contributed by atoms with E-state index in [1.807, 2.05) is 12.1 Å². The minimum atomic E-state index is -4.82. The number of amides is 1. The van der Waals surface area contributed by atoms with Gasteiger partial charge in [0.2, 0.25) is 5.91 Å². The second kappa shape index (κ2) is 12.5. The largest absolute Gasteiger partial charge is 0.497 e. The highest BCUT2D eigenvalue weighted by molar-refractivity contribution is 5.76. The highest BCUT2D eigenvalue weighted by Crippen LogP contribution is 2.38. The number of carbonyl (C=O) groups excluding carboxylic acids is 1. The number of alkyl halides is 3. The van der Waals surface area contributed by atoms with Crippen molar-refractivity contribution in [3.63, 3.8) is 0 Å². The third-order valence-corrected chi connectivity index (χ3v) is 7.37. The van der Waals surface area contributed by atoms with Crippen LogP contribution in [0, 0.1) is 10.1 Å². The number of nitro benzene ring substituents is 1. The lowest BCUT2D eigenvalue weighted by Gasteiger charge is -2.36. The number of nitro groups is 1.